The second kappa shape index (κ2) is 9.49. The van der Waals surface area contributed by atoms with Gasteiger partial charge in [-0.25, -0.2) is 4.68 Å². The Hall–Kier alpha value is -5.16. The molecule has 6 aromatic rings. The monoisotopic (exact) mass is 563 g/mol. The molecular formula is C30H21N5O5S. The van der Waals surface area contributed by atoms with Crippen molar-refractivity contribution in [2.24, 2.45) is 0 Å². The molecular weight excluding hydrogens is 542 g/mol. The van der Waals surface area contributed by atoms with Gasteiger partial charge in [-0.15, -0.1) is 5.10 Å². The van der Waals surface area contributed by atoms with Gasteiger partial charge in [0.15, 0.2) is 34.9 Å². The maximum atomic E-state index is 13.4. The zero-order chi connectivity index (χ0) is 27.3. The Balaban J connectivity index is 1.20. The molecule has 1 unspecified atom stereocenters. The van der Waals surface area contributed by atoms with E-state index in [2.05, 4.69) is 10.1 Å². The average Bonchev–Trinajstić information content (AvgIpc) is 3.72. The van der Waals surface area contributed by atoms with Crippen molar-refractivity contribution in [3.05, 3.63) is 105 Å². The van der Waals surface area contributed by atoms with Gasteiger partial charge in [-0.2, -0.15) is 14.6 Å². The summed E-state index contributed by atoms with van der Waals surface area (Å²) in [5.41, 5.74) is 2.96. The molecule has 3 aromatic heterocycles. The van der Waals surface area contributed by atoms with E-state index in [-0.39, 0.29) is 12.2 Å². The number of nitrogens with zero attached hydrogens (tertiary/aromatic N) is 5. The van der Waals surface area contributed by atoms with Gasteiger partial charge in [-0.05, 0) is 48.5 Å². The lowest BCUT2D eigenvalue weighted by atomic mass is 10.1. The molecule has 0 saturated carbocycles. The SMILES string of the molecule is O=c1/c(=C/c2cn(-c3ccccc3)nc2-c2ccc3c(c2)OCCO3)sc2nc(C3COc4ccccc4O3)nn12. The molecule has 8 rings (SSSR count). The van der Waals surface area contributed by atoms with E-state index >= 15 is 0 Å². The van der Waals surface area contributed by atoms with E-state index in [0.29, 0.717) is 57.2 Å². The standard InChI is InChI=1S/C30H21N5O5S/c36-29-26(41-30-31-28(33-35(29)30)25-17-39-21-8-4-5-9-23(21)40-25)15-19-16-34(20-6-2-1-3-7-20)32-27(19)18-10-11-22-24(14-18)38-13-12-37-22/h1-11,14-16,25H,12-13,17H2/b26-15-. The lowest BCUT2D eigenvalue weighted by Gasteiger charge is -2.24. The fourth-order valence-electron chi connectivity index (χ4n) is 4.89. The first-order valence-corrected chi connectivity index (χ1v) is 13.9. The molecule has 5 heterocycles. The lowest BCUT2D eigenvalue weighted by molar-refractivity contribution is 0.0852. The normalized spacial score (nSPS) is 16.3. The first-order chi connectivity index (χ1) is 20.2. The van der Waals surface area contributed by atoms with Crippen LogP contribution in [0.3, 0.4) is 0 Å². The van der Waals surface area contributed by atoms with Crippen LogP contribution < -0.4 is 29.0 Å². The van der Waals surface area contributed by atoms with Gasteiger partial charge in [0.1, 0.15) is 25.5 Å². The molecule has 41 heavy (non-hydrogen) atoms. The molecule has 1 atom stereocenters. The molecule has 0 spiro atoms. The molecule has 0 aliphatic carbocycles. The minimum Gasteiger partial charge on any atom is -0.486 e. The molecule has 2 aliphatic rings. The van der Waals surface area contributed by atoms with E-state index < -0.39 is 6.10 Å². The van der Waals surface area contributed by atoms with Crippen molar-refractivity contribution >= 4 is 22.4 Å². The number of ether oxygens (including phenoxy) is 4. The zero-order valence-electron chi connectivity index (χ0n) is 21.5. The van der Waals surface area contributed by atoms with Gasteiger partial charge in [0, 0.05) is 17.3 Å². The molecule has 0 saturated heterocycles. The minimum absolute atomic E-state index is 0.263. The van der Waals surface area contributed by atoms with Crippen LogP contribution >= 0.6 is 11.3 Å². The summed E-state index contributed by atoms with van der Waals surface area (Å²) in [6.07, 6.45) is 3.24. The summed E-state index contributed by atoms with van der Waals surface area (Å²) in [7, 11) is 0. The van der Waals surface area contributed by atoms with Gasteiger partial charge < -0.3 is 18.9 Å². The van der Waals surface area contributed by atoms with E-state index in [1.807, 2.05) is 85.1 Å². The smallest absolute Gasteiger partial charge is 0.291 e. The van der Waals surface area contributed by atoms with Crippen molar-refractivity contribution < 1.29 is 18.9 Å². The van der Waals surface area contributed by atoms with Crippen LogP contribution in [-0.2, 0) is 0 Å². The molecule has 11 heteroatoms. The summed E-state index contributed by atoms with van der Waals surface area (Å²) in [6.45, 7) is 1.27. The summed E-state index contributed by atoms with van der Waals surface area (Å²) in [6, 6.07) is 23.0. The highest BCUT2D eigenvalue weighted by Crippen LogP contribution is 2.36. The number of rotatable bonds is 4. The topological polar surface area (TPSA) is 102 Å². The molecule has 2 aliphatic heterocycles. The van der Waals surface area contributed by atoms with Gasteiger partial charge in [0.2, 0.25) is 4.96 Å². The van der Waals surface area contributed by atoms with Crippen molar-refractivity contribution in [2.45, 2.75) is 6.10 Å². The van der Waals surface area contributed by atoms with Crippen LogP contribution in [0.1, 0.15) is 17.5 Å². The van der Waals surface area contributed by atoms with Crippen molar-refractivity contribution in [3.63, 3.8) is 0 Å². The molecule has 0 N–H and O–H groups in total. The fraction of sp³-hybridized carbons (Fsp3) is 0.133. The number of hydrogen-bond acceptors (Lipinski definition) is 9. The second-order valence-electron chi connectivity index (χ2n) is 9.52. The lowest BCUT2D eigenvalue weighted by Crippen LogP contribution is -2.26. The van der Waals surface area contributed by atoms with Gasteiger partial charge >= 0.3 is 0 Å². The quantitative estimate of drug-likeness (QED) is 0.319. The number of fused-ring (bicyclic) bond motifs is 3. The third kappa shape index (κ3) is 4.18. The maximum Gasteiger partial charge on any atom is 0.291 e. The van der Waals surface area contributed by atoms with Crippen LogP contribution in [0.4, 0.5) is 0 Å². The number of thiazole rings is 1. The number of hydrogen-bond donors (Lipinski definition) is 0. The average molecular weight is 564 g/mol. The predicted molar refractivity (Wildman–Crippen MR) is 151 cm³/mol. The Morgan fingerprint density at radius 3 is 2.49 bits per heavy atom. The van der Waals surface area contributed by atoms with Crippen LogP contribution in [0.25, 0.3) is 28.0 Å². The van der Waals surface area contributed by atoms with Crippen molar-refractivity contribution in [1.82, 2.24) is 24.4 Å². The number of aromatic nitrogens is 5. The van der Waals surface area contributed by atoms with Gasteiger partial charge in [-0.1, -0.05) is 41.7 Å². The van der Waals surface area contributed by atoms with Crippen molar-refractivity contribution in [1.29, 1.82) is 0 Å². The highest BCUT2D eigenvalue weighted by Gasteiger charge is 2.27. The Labute approximate surface area is 236 Å². The van der Waals surface area contributed by atoms with Crippen LogP contribution in [0, 0.1) is 0 Å². The number of benzene rings is 3. The maximum absolute atomic E-state index is 13.4. The molecule has 0 amide bonds. The zero-order valence-corrected chi connectivity index (χ0v) is 22.3. The predicted octanol–water partition coefficient (Wildman–Crippen LogP) is 3.84. The molecule has 0 radical (unpaired) electrons. The largest absolute Gasteiger partial charge is 0.486 e. The van der Waals surface area contributed by atoms with Crippen LogP contribution in [0.15, 0.2) is 83.8 Å². The first kappa shape index (κ1) is 23.7. The van der Waals surface area contributed by atoms with E-state index in [4.69, 9.17) is 24.0 Å². The Morgan fingerprint density at radius 1 is 0.854 bits per heavy atom. The van der Waals surface area contributed by atoms with Gasteiger partial charge in [-0.3, -0.25) is 4.79 Å². The van der Waals surface area contributed by atoms with Gasteiger partial charge in [0.25, 0.3) is 5.56 Å². The van der Waals surface area contributed by atoms with Crippen LogP contribution in [-0.4, -0.2) is 44.2 Å². The Kier molecular flexibility index (Phi) is 5.49. The minimum atomic E-state index is -0.505. The molecule has 3 aromatic carbocycles. The summed E-state index contributed by atoms with van der Waals surface area (Å²) in [5.74, 6) is 3.08. The van der Waals surface area contributed by atoms with E-state index in [1.165, 1.54) is 15.9 Å². The summed E-state index contributed by atoms with van der Waals surface area (Å²) in [5, 5.41) is 9.36. The summed E-state index contributed by atoms with van der Waals surface area (Å²) in [4.78, 5) is 18.5. The Morgan fingerprint density at radius 2 is 1.63 bits per heavy atom. The fourth-order valence-corrected chi connectivity index (χ4v) is 5.80. The van der Waals surface area contributed by atoms with E-state index in [9.17, 15) is 4.79 Å². The second-order valence-corrected chi connectivity index (χ2v) is 10.5. The molecule has 0 bridgehead atoms. The molecule has 0 fully saturated rings. The highest BCUT2D eigenvalue weighted by molar-refractivity contribution is 7.15. The highest BCUT2D eigenvalue weighted by atomic mass is 32.1. The van der Waals surface area contributed by atoms with Crippen LogP contribution in [0.2, 0.25) is 0 Å². The summed E-state index contributed by atoms with van der Waals surface area (Å²) >= 11 is 1.26. The Bertz CT molecular complexity index is 2030. The molecule has 202 valence electrons. The van der Waals surface area contributed by atoms with Crippen LogP contribution in [0.5, 0.6) is 23.0 Å². The third-order valence-corrected chi connectivity index (χ3v) is 7.82. The summed E-state index contributed by atoms with van der Waals surface area (Å²) < 4.78 is 27.0. The first-order valence-electron chi connectivity index (χ1n) is 13.0. The van der Waals surface area contributed by atoms with E-state index in [1.54, 1.807) is 4.68 Å². The van der Waals surface area contributed by atoms with Gasteiger partial charge in [0.05, 0.1) is 10.2 Å². The third-order valence-electron chi connectivity index (χ3n) is 6.86. The van der Waals surface area contributed by atoms with E-state index in [0.717, 1.165) is 16.8 Å². The molecule has 10 nitrogen and oxygen atoms in total. The van der Waals surface area contributed by atoms with Crippen molar-refractivity contribution in [2.75, 3.05) is 19.8 Å². The number of para-hydroxylation sites is 3. The van der Waals surface area contributed by atoms with Crippen molar-refractivity contribution in [3.8, 4) is 39.9 Å².